The number of imidazole rings is 1. The Morgan fingerprint density at radius 1 is 1.27 bits per heavy atom. The molecule has 0 unspecified atom stereocenters. The van der Waals surface area contributed by atoms with Gasteiger partial charge < -0.3 is 9.47 Å². The minimum absolute atomic E-state index is 0.151. The molecule has 0 saturated heterocycles. The summed E-state index contributed by atoms with van der Waals surface area (Å²) in [6.07, 6.45) is 1.61. The van der Waals surface area contributed by atoms with E-state index in [9.17, 15) is 9.18 Å². The van der Waals surface area contributed by atoms with E-state index in [1.54, 1.807) is 40.9 Å². The third-order valence-corrected chi connectivity index (χ3v) is 3.18. The second kappa shape index (κ2) is 5.85. The molecular formula is C16H13FN2O3. The SMILES string of the molecule is COC(=O)c1cccc2ncc(COc3cccc(F)c3)n12. The van der Waals surface area contributed by atoms with Gasteiger partial charge in [0.1, 0.15) is 29.5 Å². The van der Waals surface area contributed by atoms with Crippen molar-refractivity contribution in [2.24, 2.45) is 0 Å². The molecule has 112 valence electrons. The molecule has 1 aromatic carbocycles. The van der Waals surface area contributed by atoms with Crippen molar-refractivity contribution in [1.82, 2.24) is 9.38 Å². The first kappa shape index (κ1) is 14.1. The van der Waals surface area contributed by atoms with Gasteiger partial charge in [0.25, 0.3) is 0 Å². The van der Waals surface area contributed by atoms with Gasteiger partial charge in [-0.3, -0.25) is 4.40 Å². The molecule has 0 fully saturated rings. The molecule has 0 aliphatic carbocycles. The number of benzene rings is 1. The predicted octanol–water partition coefficient (Wildman–Crippen LogP) is 2.84. The molecule has 0 radical (unpaired) electrons. The first-order valence-electron chi connectivity index (χ1n) is 6.61. The Balaban J connectivity index is 1.92. The molecular weight excluding hydrogens is 287 g/mol. The molecule has 0 aliphatic heterocycles. The largest absolute Gasteiger partial charge is 0.487 e. The van der Waals surface area contributed by atoms with Crippen LogP contribution in [0.2, 0.25) is 0 Å². The average molecular weight is 300 g/mol. The molecule has 0 N–H and O–H groups in total. The number of methoxy groups -OCH3 is 1. The summed E-state index contributed by atoms with van der Waals surface area (Å²) in [4.78, 5) is 16.1. The topological polar surface area (TPSA) is 52.8 Å². The van der Waals surface area contributed by atoms with E-state index in [0.717, 1.165) is 0 Å². The quantitative estimate of drug-likeness (QED) is 0.695. The Labute approximate surface area is 125 Å². The zero-order chi connectivity index (χ0) is 15.5. The van der Waals surface area contributed by atoms with Crippen molar-refractivity contribution in [2.75, 3.05) is 7.11 Å². The number of halogens is 1. The van der Waals surface area contributed by atoms with Gasteiger partial charge in [-0.05, 0) is 24.3 Å². The van der Waals surface area contributed by atoms with Gasteiger partial charge in [-0.1, -0.05) is 12.1 Å². The van der Waals surface area contributed by atoms with E-state index in [-0.39, 0.29) is 12.4 Å². The number of ether oxygens (including phenoxy) is 2. The summed E-state index contributed by atoms with van der Waals surface area (Å²) >= 11 is 0. The lowest BCUT2D eigenvalue weighted by Gasteiger charge is -2.09. The summed E-state index contributed by atoms with van der Waals surface area (Å²) < 4.78 is 25.1. The Bertz CT molecular complexity index is 829. The molecule has 2 aromatic heterocycles. The molecule has 3 aromatic rings. The van der Waals surface area contributed by atoms with Crippen molar-refractivity contribution in [2.45, 2.75) is 6.61 Å². The lowest BCUT2D eigenvalue weighted by molar-refractivity contribution is 0.0591. The summed E-state index contributed by atoms with van der Waals surface area (Å²) in [5.74, 6) is -0.424. The van der Waals surface area contributed by atoms with Crippen molar-refractivity contribution in [1.29, 1.82) is 0 Å². The lowest BCUT2D eigenvalue weighted by atomic mass is 10.3. The van der Waals surface area contributed by atoms with Crippen molar-refractivity contribution in [3.05, 3.63) is 65.9 Å². The summed E-state index contributed by atoms with van der Waals surface area (Å²) in [6.45, 7) is 0.151. The molecule has 6 heteroatoms. The zero-order valence-corrected chi connectivity index (χ0v) is 11.8. The lowest BCUT2D eigenvalue weighted by Crippen LogP contribution is -2.10. The van der Waals surface area contributed by atoms with Crippen molar-refractivity contribution in [3.8, 4) is 5.75 Å². The standard InChI is InChI=1S/C16H13FN2O3/c1-21-16(20)14-6-3-7-15-18-9-12(19(14)15)10-22-13-5-2-4-11(17)8-13/h2-9H,10H2,1H3. The number of aromatic nitrogens is 2. The second-order valence-corrected chi connectivity index (χ2v) is 4.59. The summed E-state index contributed by atoms with van der Waals surface area (Å²) in [5.41, 5.74) is 1.64. The van der Waals surface area contributed by atoms with E-state index in [1.807, 2.05) is 0 Å². The highest BCUT2D eigenvalue weighted by Crippen LogP contribution is 2.16. The van der Waals surface area contributed by atoms with E-state index in [0.29, 0.717) is 22.8 Å². The molecule has 0 aliphatic rings. The van der Waals surface area contributed by atoms with Crippen LogP contribution in [0.25, 0.3) is 5.65 Å². The summed E-state index contributed by atoms with van der Waals surface area (Å²) in [7, 11) is 1.32. The number of hydrogen-bond acceptors (Lipinski definition) is 4. The zero-order valence-electron chi connectivity index (χ0n) is 11.8. The van der Waals surface area contributed by atoms with Crippen LogP contribution >= 0.6 is 0 Å². The minimum atomic E-state index is -0.462. The Morgan fingerprint density at radius 3 is 2.86 bits per heavy atom. The van der Waals surface area contributed by atoms with Crippen LogP contribution in [0.1, 0.15) is 16.2 Å². The van der Waals surface area contributed by atoms with E-state index >= 15 is 0 Å². The maximum Gasteiger partial charge on any atom is 0.355 e. The number of carbonyl (C=O) groups excluding carboxylic acids is 1. The van der Waals surface area contributed by atoms with Gasteiger partial charge in [-0.2, -0.15) is 0 Å². The monoisotopic (exact) mass is 300 g/mol. The Kier molecular flexibility index (Phi) is 3.74. The molecule has 3 rings (SSSR count). The number of pyridine rings is 1. The number of carbonyl (C=O) groups is 1. The van der Waals surface area contributed by atoms with Gasteiger partial charge in [0, 0.05) is 6.07 Å². The summed E-state index contributed by atoms with van der Waals surface area (Å²) in [5, 5.41) is 0. The fourth-order valence-corrected chi connectivity index (χ4v) is 2.18. The van der Waals surface area contributed by atoms with E-state index < -0.39 is 5.97 Å². The second-order valence-electron chi connectivity index (χ2n) is 4.59. The van der Waals surface area contributed by atoms with Crippen LogP contribution in [-0.2, 0) is 11.3 Å². The third kappa shape index (κ3) is 2.63. The van der Waals surface area contributed by atoms with Crippen molar-refractivity contribution < 1.29 is 18.7 Å². The molecule has 22 heavy (non-hydrogen) atoms. The van der Waals surface area contributed by atoms with Crippen LogP contribution in [0.15, 0.2) is 48.7 Å². The summed E-state index contributed by atoms with van der Waals surface area (Å²) in [6, 6.07) is 11.0. The van der Waals surface area contributed by atoms with E-state index in [2.05, 4.69) is 4.98 Å². The molecule has 5 nitrogen and oxygen atoms in total. The predicted molar refractivity (Wildman–Crippen MR) is 77.3 cm³/mol. The van der Waals surface area contributed by atoms with Crippen molar-refractivity contribution >= 4 is 11.6 Å². The van der Waals surface area contributed by atoms with Gasteiger partial charge in [0.15, 0.2) is 0 Å². The smallest absolute Gasteiger partial charge is 0.355 e. The van der Waals surface area contributed by atoms with Crippen LogP contribution in [0, 0.1) is 5.82 Å². The number of esters is 1. The average Bonchev–Trinajstić information content (AvgIpc) is 2.95. The normalized spacial score (nSPS) is 10.6. The molecule has 0 atom stereocenters. The number of fused-ring (bicyclic) bond motifs is 1. The fraction of sp³-hybridized carbons (Fsp3) is 0.125. The maximum atomic E-state index is 13.1. The number of rotatable bonds is 4. The highest BCUT2D eigenvalue weighted by atomic mass is 19.1. The van der Waals surface area contributed by atoms with Crippen LogP contribution in [0.5, 0.6) is 5.75 Å². The highest BCUT2D eigenvalue weighted by Gasteiger charge is 2.14. The minimum Gasteiger partial charge on any atom is -0.487 e. The molecule has 0 saturated carbocycles. The highest BCUT2D eigenvalue weighted by molar-refractivity contribution is 5.88. The Hall–Kier alpha value is -2.89. The molecule has 0 amide bonds. The first-order valence-corrected chi connectivity index (χ1v) is 6.61. The van der Waals surface area contributed by atoms with Crippen LogP contribution in [-0.4, -0.2) is 22.5 Å². The molecule has 0 spiro atoms. The van der Waals surface area contributed by atoms with E-state index in [4.69, 9.17) is 9.47 Å². The molecule has 0 bridgehead atoms. The van der Waals surface area contributed by atoms with Gasteiger partial charge in [0.2, 0.25) is 0 Å². The number of hydrogen-bond donors (Lipinski definition) is 0. The number of nitrogens with zero attached hydrogens (tertiary/aromatic N) is 2. The van der Waals surface area contributed by atoms with Gasteiger partial charge in [0.05, 0.1) is 19.0 Å². The van der Waals surface area contributed by atoms with Crippen LogP contribution < -0.4 is 4.74 Å². The van der Waals surface area contributed by atoms with Crippen molar-refractivity contribution in [3.63, 3.8) is 0 Å². The van der Waals surface area contributed by atoms with Gasteiger partial charge >= 0.3 is 5.97 Å². The van der Waals surface area contributed by atoms with Crippen LogP contribution in [0.4, 0.5) is 4.39 Å². The fourth-order valence-electron chi connectivity index (χ4n) is 2.18. The van der Waals surface area contributed by atoms with E-state index in [1.165, 1.54) is 19.2 Å². The maximum absolute atomic E-state index is 13.1. The van der Waals surface area contributed by atoms with Crippen LogP contribution in [0.3, 0.4) is 0 Å². The molecule has 2 heterocycles. The third-order valence-electron chi connectivity index (χ3n) is 3.18. The first-order chi connectivity index (χ1) is 10.7. The van der Waals surface area contributed by atoms with Gasteiger partial charge in [-0.25, -0.2) is 14.2 Å². The Morgan fingerprint density at radius 2 is 2.09 bits per heavy atom. The van der Waals surface area contributed by atoms with Gasteiger partial charge in [-0.15, -0.1) is 0 Å².